The van der Waals surface area contributed by atoms with Gasteiger partial charge in [-0.1, -0.05) is 13.3 Å². The standard InChI is InChI=1S/C19H36NO/c1-4-5-8-20(2,3)9-6-7-19(21)17-11-15-10-16(13-17)14-18(19)12-15/h15-18,21H,4-14H2,1-3H3/q+1. The number of hydrogen-bond donors (Lipinski definition) is 1. The van der Waals surface area contributed by atoms with Gasteiger partial charge in [-0.05, 0) is 75.0 Å². The third-order valence-corrected chi connectivity index (χ3v) is 7.01. The highest BCUT2D eigenvalue weighted by atomic mass is 16.3. The molecule has 4 rings (SSSR count). The normalized spacial score (nSPS) is 41.7. The highest BCUT2D eigenvalue weighted by molar-refractivity contribution is 5.06. The van der Waals surface area contributed by atoms with Gasteiger partial charge in [0, 0.05) is 0 Å². The van der Waals surface area contributed by atoms with Crippen LogP contribution in [0.4, 0.5) is 0 Å². The zero-order chi connectivity index (χ0) is 15.1. The molecule has 0 radical (unpaired) electrons. The van der Waals surface area contributed by atoms with E-state index in [9.17, 15) is 5.11 Å². The van der Waals surface area contributed by atoms with E-state index >= 15 is 0 Å². The largest absolute Gasteiger partial charge is 0.389 e. The van der Waals surface area contributed by atoms with E-state index in [-0.39, 0.29) is 5.60 Å². The Morgan fingerprint density at radius 1 is 0.905 bits per heavy atom. The second kappa shape index (κ2) is 5.85. The first-order valence-corrected chi connectivity index (χ1v) is 9.47. The average Bonchev–Trinajstić information content (AvgIpc) is 2.42. The minimum absolute atomic E-state index is 0.293. The Morgan fingerprint density at radius 3 is 1.95 bits per heavy atom. The summed E-state index contributed by atoms with van der Waals surface area (Å²) in [5.41, 5.74) is -0.293. The van der Waals surface area contributed by atoms with Gasteiger partial charge < -0.3 is 9.59 Å². The molecular weight excluding hydrogens is 258 g/mol. The first kappa shape index (κ1) is 15.8. The monoisotopic (exact) mass is 294 g/mol. The average molecular weight is 295 g/mol. The maximum absolute atomic E-state index is 11.4. The predicted molar refractivity (Wildman–Crippen MR) is 88.0 cm³/mol. The van der Waals surface area contributed by atoms with E-state index in [4.69, 9.17) is 0 Å². The Balaban J connectivity index is 1.53. The topological polar surface area (TPSA) is 20.2 Å². The predicted octanol–water partition coefficient (Wildman–Crippen LogP) is 3.83. The lowest BCUT2D eigenvalue weighted by Gasteiger charge is -2.59. The maximum Gasteiger partial charge on any atom is 0.0783 e. The number of unbranched alkanes of at least 4 members (excludes halogenated alkanes) is 1. The molecule has 0 amide bonds. The van der Waals surface area contributed by atoms with Crippen molar-refractivity contribution in [3.05, 3.63) is 0 Å². The van der Waals surface area contributed by atoms with E-state index in [2.05, 4.69) is 21.0 Å². The van der Waals surface area contributed by atoms with Crippen LogP contribution in [0.2, 0.25) is 0 Å². The van der Waals surface area contributed by atoms with Crippen LogP contribution in [0.3, 0.4) is 0 Å². The Kier molecular flexibility index (Phi) is 4.40. The van der Waals surface area contributed by atoms with Crippen LogP contribution in [0.1, 0.15) is 64.7 Å². The summed E-state index contributed by atoms with van der Waals surface area (Å²) < 4.78 is 1.13. The fraction of sp³-hybridized carbons (Fsp3) is 1.00. The van der Waals surface area contributed by atoms with Crippen molar-refractivity contribution in [2.45, 2.75) is 70.3 Å². The van der Waals surface area contributed by atoms with Crippen molar-refractivity contribution in [3.8, 4) is 0 Å². The molecule has 0 aliphatic heterocycles. The van der Waals surface area contributed by atoms with Gasteiger partial charge in [-0.15, -0.1) is 0 Å². The molecule has 0 aromatic heterocycles. The summed E-state index contributed by atoms with van der Waals surface area (Å²) in [5.74, 6) is 3.20. The molecule has 4 fully saturated rings. The molecule has 0 unspecified atom stereocenters. The molecule has 0 aromatic carbocycles. The molecule has 0 heterocycles. The van der Waals surface area contributed by atoms with Crippen molar-refractivity contribution in [2.75, 3.05) is 27.2 Å². The smallest absolute Gasteiger partial charge is 0.0783 e. The molecule has 2 nitrogen and oxygen atoms in total. The minimum Gasteiger partial charge on any atom is -0.389 e. The first-order valence-electron chi connectivity index (χ1n) is 9.47. The Bertz CT molecular complexity index is 335. The molecule has 4 bridgehead atoms. The van der Waals surface area contributed by atoms with Gasteiger partial charge in [0.1, 0.15) is 0 Å². The number of hydrogen-bond acceptors (Lipinski definition) is 1. The minimum atomic E-state index is -0.293. The van der Waals surface area contributed by atoms with Crippen molar-refractivity contribution < 1.29 is 9.59 Å². The lowest BCUT2D eigenvalue weighted by molar-refractivity contribution is -0.890. The number of quaternary nitrogens is 1. The second-order valence-corrected chi connectivity index (χ2v) is 9.14. The van der Waals surface area contributed by atoms with Gasteiger partial charge in [0.05, 0.1) is 32.8 Å². The summed E-state index contributed by atoms with van der Waals surface area (Å²) in [7, 11) is 4.72. The van der Waals surface area contributed by atoms with E-state index < -0.39 is 0 Å². The SMILES string of the molecule is CCCC[N+](C)(C)CCCC1(O)C2CC3CC(C2)CC1C3. The summed E-state index contributed by atoms with van der Waals surface area (Å²) in [6.07, 6.45) is 11.7. The highest BCUT2D eigenvalue weighted by Crippen LogP contribution is 2.59. The van der Waals surface area contributed by atoms with Crippen LogP contribution in [0.25, 0.3) is 0 Å². The van der Waals surface area contributed by atoms with Crippen LogP contribution in [0.5, 0.6) is 0 Å². The molecule has 0 spiro atoms. The molecular formula is C19H36NO+. The number of nitrogens with zero attached hydrogens (tertiary/aromatic N) is 1. The molecule has 4 aliphatic carbocycles. The fourth-order valence-corrected chi connectivity index (χ4v) is 5.90. The summed E-state index contributed by atoms with van der Waals surface area (Å²) in [6, 6.07) is 0. The summed E-state index contributed by atoms with van der Waals surface area (Å²) in [6.45, 7) is 4.79. The molecule has 1 N–H and O–H groups in total. The molecule has 0 saturated heterocycles. The summed E-state index contributed by atoms with van der Waals surface area (Å²) >= 11 is 0. The zero-order valence-electron chi connectivity index (χ0n) is 14.5. The van der Waals surface area contributed by atoms with Crippen molar-refractivity contribution in [1.82, 2.24) is 0 Å². The van der Waals surface area contributed by atoms with E-state index in [1.165, 1.54) is 64.5 Å². The Labute approximate surface area is 131 Å². The Hall–Kier alpha value is -0.0800. The fourth-order valence-electron chi connectivity index (χ4n) is 5.90. The number of rotatable bonds is 7. The molecule has 2 heteroatoms. The van der Waals surface area contributed by atoms with Crippen LogP contribution in [-0.4, -0.2) is 42.4 Å². The number of aliphatic hydroxyl groups is 1. The molecule has 4 saturated carbocycles. The van der Waals surface area contributed by atoms with Gasteiger partial charge in [-0.3, -0.25) is 0 Å². The van der Waals surface area contributed by atoms with Crippen LogP contribution >= 0.6 is 0 Å². The van der Waals surface area contributed by atoms with Crippen molar-refractivity contribution in [1.29, 1.82) is 0 Å². The molecule has 21 heavy (non-hydrogen) atoms. The van der Waals surface area contributed by atoms with Crippen LogP contribution in [-0.2, 0) is 0 Å². The van der Waals surface area contributed by atoms with E-state index in [1.54, 1.807) is 0 Å². The van der Waals surface area contributed by atoms with Gasteiger partial charge in [-0.25, -0.2) is 0 Å². The maximum atomic E-state index is 11.4. The molecule has 122 valence electrons. The Morgan fingerprint density at radius 2 is 1.43 bits per heavy atom. The lowest BCUT2D eigenvalue weighted by Crippen LogP contribution is -2.57. The van der Waals surface area contributed by atoms with Gasteiger partial charge >= 0.3 is 0 Å². The van der Waals surface area contributed by atoms with Crippen LogP contribution in [0, 0.1) is 23.7 Å². The molecule has 0 aromatic rings. The third-order valence-electron chi connectivity index (χ3n) is 7.01. The highest BCUT2D eigenvalue weighted by Gasteiger charge is 2.55. The quantitative estimate of drug-likeness (QED) is 0.708. The van der Waals surface area contributed by atoms with Gasteiger partial charge in [-0.2, -0.15) is 0 Å². The van der Waals surface area contributed by atoms with Gasteiger partial charge in [0.25, 0.3) is 0 Å². The van der Waals surface area contributed by atoms with Crippen molar-refractivity contribution >= 4 is 0 Å². The summed E-state index contributed by atoms with van der Waals surface area (Å²) in [5, 5.41) is 11.4. The molecule has 0 atom stereocenters. The second-order valence-electron chi connectivity index (χ2n) is 9.14. The van der Waals surface area contributed by atoms with E-state index in [0.717, 1.165) is 22.7 Å². The van der Waals surface area contributed by atoms with E-state index in [1.807, 2.05) is 0 Å². The zero-order valence-corrected chi connectivity index (χ0v) is 14.5. The van der Waals surface area contributed by atoms with Gasteiger partial charge in [0.2, 0.25) is 0 Å². The van der Waals surface area contributed by atoms with Crippen molar-refractivity contribution in [3.63, 3.8) is 0 Å². The van der Waals surface area contributed by atoms with Crippen molar-refractivity contribution in [2.24, 2.45) is 23.7 Å². The molecule has 4 aliphatic rings. The van der Waals surface area contributed by atoms with Crippen LogP contribution < -0.4 is 0 Å². The summed E-state index contributed by atoms with van der Waals surface area (Å²) in [4.78, 5) is 0. The third kappa shape index (κ3) is 3.17. The van der Waals surface area contributed by atoms with Gasteiger partial charge in [0.15, 0.2) is 0 Å². The first-order chi connectivity index (χ1) is 9.93. The lowest BCUT2D eigenvalue weighted by atomic mass is 9.49. The van der Waals surface area contributed by atoms with E-state index in [0.29, 0.717) is 11.8 Å². The van der Waals surface area contributed by atoms with Crippen LogP contribution in [0.15, 0.2) is 0 Å².